The van der Waals surface area contributed by atoms with Crippen molar-refractivity contribution in [2.75, 3.05) is 12.0 Å². The van der Waals surface area contributed by atoms with Crippen molar-refractivity contribution in [3.8, 4) is 0 Å². The van der Waals surface area contributed by atoms with Crippen LogP contribution in [0.15, 0.2) is 41.2 Å². The number of urea groups is 1. The molecule has 0 spiro atoms. The fraction of sp³-hybridized carbons (Fsp3) is 0.469. The van der Waals surface area contributed by atoms with E-state index in [0.717, 1.165) is 40.8 Å². The molecule has 45 heavy (non-hydrogen) atoms. The molecule has 2 aliphatic rings. The third-order valence-corrected chi connectivity index (χ3v) is 8.71. The van der Waals surface area contributed by atoms with Crippen LogP contribution in [0.25, 0.3) is 10.9 Å². The summed E-state index contributed by atoms with van der Waals surface area (Å²) in [6, 6.07) is 8.26. The van der Waals surface area contributed by atoms with E-state index in [0.29, 0.717) is 21.8 Å². The van der Waals surface area contributed by atoms with Crippen LogP contribution in [0.4, 0.5) is 10.5 Å². The quantitative estimate of drug-likeness (QED) is 0.271. The van der Waals surface area contributed by atoms with Gasteiger partial charge in [0.2, 0.25) is 5.91 Å². The molecule has 1 saturated carbocycles. The van der Waals surface area contributed by atoms with Gasteiger partial charge >= 0.3 is 12.0 Å². The predicted molar refractivity (Wildman–Crippen MR) is 168 cm³/mol. The van der Waals surface area contributed by atoms with E-state index in [4.69, 9.17) is 16.3 Å². The predicted octanol–water partition coefficient (Wildman–Crippen LogP) is 5.01. The Bertz CT molecular complexity index is 1710. The largest absolute Gasteiger partial charge is 0.443 e. The van der Waals surface area contributed by atoms with Crippen LogP contribution in [0.3, 0.4) is 0 Å². The van der Waals surface area contributed by atoms with Crippen LogP contribution in [-0.4, -0.2) is 50.4 Å². The number of aromatic nitrogens is 3. The number of fused-ring (bicyclic) bond motifs is 1. The monoisotopic (exact) mass is 636 g/mol. The van der Waals surface area contributed by atoms with E-state index in [1.165, 1.54) is 0 Å². The molecule has 12 nitrogen and oxygen atoms in total. The molecule has 0 bridgehead atoms. The van der Waals surface area contributed by atoms with E-state index >= 15 is 0 Å². The van der Waals surface area contributed by atoms with Gasteiger partial charge in [0.05, 0.1) is 17.3 Å². The Morgan fingerprint density at radius 3 is 2.49 bits per heavy atom. The lowest BCUT2D eigenvalue weighted by molar-refractivity contribution is -0.165. The molecule has 2 fully saturated rings. The first-order valence-electron chi connectivity index (χ1n) is 15.1. The number of esters is 1. The molecule has 13 heteroatoms. The number of carbonyl (C=O) groups excluding carboxylic acids is 4. The number of piperidine rings is 1. The van der Waals surface area contributed by atoms with Crippen molar-refractivity contribution in [2.45, 2.75) is 83.7 Å². The Balaban J connectivity index is 1.29. The zero-order valence-corrected chi connectivity index (χ0v) is 26.5. The second-order valence-corrected chi connectivity index (χ2v) is 13.1. The van der Waals surface area contributed by atoms with Crippen molar-refractivity contribution < 1.29 is 23.9 Å². The fourth-order valence-corrected chi connectivity index (χ4v) is 6.25. The van der Waals surface area contributed by atoms with Gasteiger partial charge in [0.15, 0.2) is 6.73 Å². The molecule has 5 rings (SSSR count). The van der Waals surface area contributed by atoms with Gasteiger partial charge in [-0.25, -0.2) is 9.69 Å². The molecule has 3 aromatic rings. The van der Waals surface area contributed by atoms with Gasteiger partial charge in [-0.1, -0.05) is 62.6 Å². The number of likely N-dealkylation sites (tertiary alicyclic amines) is 1. The average Bonchev–Trinajstić information content (AvgIpc) is 3.52. The number of hydrogen-bond acceptors (Lipinski definition) is 8. The van der Waals surface area contributed by atoms with Gasteiger partial charge in [-0.15, -0.1) is 5.10 Å². The number of amides is 4. The molecule has 2 N–H and O–H groups in total. The van der Waals surface area contributed by atoms with Crippen molar-refractivity contribution in [1.29, 1.82) is 0 Å². The number of halogens is 1. The molecule has 1 aliphatic heterocycles. The standard InChI is InChI=1S/C32H37ClN6O6/c1-18(34-31(44)35-21-10-11-23(24(33)16-21)32(2,3)4)20-9-12-25-22(15-20)28(41)39(37-36-25)26-13-14-27(40)38(29(26)42)17-45-30(43)19-7-5-6-8-19/h9-12,15-16,18-19,26H,5-8,13-14,17H2,1-4H3,(H2,34,35,44). The number of nitrogens with one attached hydrogen (secondary N) is 2. The van der Waals surface area contributed by atoms with Crippen LogP contribution in [0.2, 0.25) is 5.02 Å². The number of nitrogens with zero attached hydrogens (tertiary/aromatic N) is 4. The summed E-state index contributed by atoms with van der Waals surface area (Å²) in [7, 11) is 0. The zero-order chi connectivity index (χ0) is 32.5. The van der Waals surface area contributed by atoms with E-state index in [1.54, 1.807) is 37.3 Å². The second kappa shape index (κ2) is 13.0. The highest BCUT2D eigenvalue weighted by Crippen LogP contribution is 2.31. The summed E-state index contributed by atoms with van der Waals surface area (Å²) in [4.78, 5) is 65.5. The summed E-state index contributed by atoms with van der Waals surface area (Å²) in [5, 5.41) is 14.5. The lowest BCUT2D eigenvalue weighted by Gasteiger charge is -2.30. The maximum absolute atomic E-state index is 13.6. The molecule has 1 aliphatic carbocycles. The Morgan fingerprint density at radius 2 is 1.80 bits per heavy atom. The molecular formula is C32H37ClN6O6. The molecule has 0 radical (unpaired) electrons. The zero-order valence-electron chi connectivity index (χ0n) is 25.8. The summed E-state index contributed by atoms with van der Waals surface area (Å²) >= 11 is 6.44. The van der Waals surface area contributed by atoms with Crippen LogP contribution in [0.1, 0.15) is 89.4 Å². The molecule has 2 aromatic carbocycles. The highest BCUT2D eigenvalue weighted by atomic mass is 35.5. The minimum absolute atomic E-state index is 0.0240. The normalized spacial score (nSPS) is 18.2. The highest BCUT2D eigenvalue weighted by molar-refractivity contribution is 6.31. The Kier molecular flexibility index (Phi) is 9.24. The lowest BCUT2D eigenvalue weighted by atomic mass is 9.87. The maximum Gasteiger partial charge on any atom is 0.319 e. The molecule has 4 amide bonds. The SMILES string of the molecule is CC(NC(=O)Nc1ccc(C(C)(C)C)c(Cl)c1)c1ccc2nnn(C3CCC(=O)N(COC(=O)C4CCCC4)C3=O)c(=O)c2c1. The topological polar surface area (TPSA) is 153 Å². The lowest BCUT2D eigenvalue weighted by Crippen LogP contribution is -2.49. The van der Waals surface area contributed by atoms with Crippen LogP contribution in [0.5, 0.6) is 0 Å². The van der Waals surface area contributed by atoms with E-state index in [9.17, 15) is 24.0 Å². The fourth-order valence-electron chi connectivity index (χ4n) is 5.79. The Labute approximate surface area is 265 Å². The van der Waals surface area contributed by atoms with Crippen LogP contribution in [0, 0.1) is 5.92 Å². The van der Waals surface area contributed by atoms with Gasteiger partial charge in [-0.2, -0.15) is 4.68 Å². The van der Waals surface area contributed by atoms with Crippen molar-refractivity contribution >= 4 is 52.0 Å². The Morgan fingerprint density at radius 1 is 1.07 bits per heavy atom. The van der Waals surface area contributed by atoms with Crippen LogP contribution in [-0.2, 0) is 24.5 Å². The van der Waals surface area contributed by atoms with Crippen molar-refractivity contribution in [2.24, 2.45) is 5.92 Å². The molecule has 238 valence electrons. The second-order valence-electron chi connectivity index (χ2n) is 12.7. The minimum atomic E-state index is -1.08. The first-order valence-corrected chi connectivity index (χ1v) is 15.5. The smallest absolute Gasteiger partial charge is 0.319 e. The maximum atomic E-state index is 13.6. The third kappa shape index (κ3) is 7.00. The van der Waals surface area contributed by atoms with E-state index in [1.807, 2.05) is 6.07 Å². The molecule has 1 aromatic heterocycles. The van der Waals surface area contributed by atoms with E-state index in [2.05, 4.69) is 41.7 Å². The number of hydrogen-bond donors (Lipinski definition) is 2. The van der Waals surface area contributed by atoms with E-state index in [-0.39, 0.29) is 29.6 Å². The van der Waals surface area contributed by atoms with Crippen molar-refractivity contribution in [3.63, 3.8) is 0 Å². The Hall–Kier alpha value is -4.32. The molecule has 2 heterocycles. The summed E-state index contributed by atoms with van der Waals surface area (Å²) < 4.78 is 6.28. The molecule has 1 saturated heterocycles. The molecular weight excluding hydrogens is 600 g/mol. The minimum Gasteiger partial charge on any atom is -0.443 e. The summed E-state index contributed by atoms with van der Waals surface area (Å²) in [6.45, 7) is 7.43. The molecule has 2 unspecified atom stereocenters. The number of imide groups is 1. The van der Waals surface area contributed by atoms with Gasteiger partial charge in [-0.3, -0.25) is 19.2 Å². The van der Waals surface area contributed by atoms with Gasteiger partial charge in [0, 0.05) is 17.1 Å². The van der Waals surface area contributed by atoms with Gasteiger partial charge in [0.1, 0.15) is 11.6 Å². The number of carbonyl (C=O) groups is 4. The van der Waals surface area contributed by atoms with E-state index < -0.39 is 48.2 Å². The third-order valence-electron chi connectivity index (χ3n) is 8.39. The van der Waals surface area contributed by atoms with Crippen molar-refractivity contribution in [1.82, 2.24) is 25.2 Å². The molecule has 2 atom stereocenters. The van der Waals surface area contributed by atoms with Crippen molar-refractivity contribution in [3.05, 3.63) is 62.9 Å². The summed E-state index contributed by atoms with van der Waals surface area (Å²) in [5.74, 6) is -1.81. The number of anilines is 1. The van der Waals surface area contributed by atoms with Gasteiger partial charge < -0.3 is 15.4 Å². The number of benzene rings is 2. The first kappa shape index (κ1) is 32.1. The van der Waals surface area contributed by atoms with Crippen LogP contribution < -0.4 is 16.2 Å². The van der Waals surface area contributed by atoms with Crippen LogP contribution >= 0.6 is 11.6 Å². The van der Waals surface area contributed by atoms with Gasteiger partial charge in [-0.05, 0) is 67.0 Å². The summed E-state index contributed by atoms with van der Waals surface area (Å²) in [5.41, 5.74) is 1.73. The average molecular weight is 637 g/mol. The highest BCUT2D eigenvalue weighted by Gasteiger charge is 2.38. The van der Waals surface area contributed by atoms with Gasteiger partial charge in [0.25, 0.3) is 11.5 Å². The summed E-state index contributed by atoms with van der Waals surface area (Å²) in [6.07, 6.45) is 3.38. The number of rotatable bonds is 7. The number of ether oxygens (including phenoxy) is 1. The first-order chi connectivity index (χ1) is 21.3.